The lowest BCUT2D eigenvalue weighted by Crippen LogP contribution is -2.49. The normalized spacial score (nSPS) is 19.1. The van der Waals surface area contributed by atoms with Crippen LogP contribution >= 0.6 is 0 Å². The van der Waals surface area contributed by atoms with Crippen LogP contribution in [-0.2, 0) is 4.79 Å². The minimum absolute atomic E-state index is 0.321. The second kappa shape index (κ2) is 4.93. The highest BCUT2D eigenvalue weighted by Gasteiger charge is 2.34. The standard InChI is InChI=1S/C15H17N3O/c16-11-12-1-5-14(6-2-12)17-7-9-18(10-8-17)15(19)13-3-4-13/h1-2,5-6,13H,3-4,7-10H2. The maximum atomic E-state index is 12.0. The third-order valence-electron chi connectivity index (χ3n) is 3.88. The molecule has 1 saturated heterocycles. The van der Waals surface area contributed by atoms with Gasteiger partial charge in [0.15, 0.2) is 0 Å². The fraction of sp³-hybridized carbons (Fsp3) is 0.467. The molecule has 1 aromatic carbocycles. The number of nitriles is 1. The third-order valence-corrected chi connectivity index (χ3v) is 3.88. The van der Waals surface area contributed by atoms with Crippen molar-refractivity contribution in [3.05, 3.63) is 29.8 Å². The number of benzene rings is 1. The van der Waals surface area contributed by atoms with Gasteiger partial charge in [-0.25, -0.2) is 0 Å². The van der Waals surface area contributed by atoms with Crippen LogP contribution in [0.3, 0.4) is 0 Å². The Hall–Kier alpha value is -2.02. The van der Waals surface area contributed by atoms with Crippen molar-refractivity contribution < 1.29 is 4.79 Å². The molecular formula is C15H17N3O. The van der Waals surface area contributed by atoms with Crippen LogP contribution in [0.25, 0.3) is 0 Å². The van der Waals surface area contributed by atoms with E-state index in [9.17, 15) is 4.79 Å². The first-order valence-electron chi connectivity index (χ1n) is 6.82. The first-order valence-corrected chi connectivity index (χ1v) is 6.82. The molecule has 1 heterocycles. The van der Waals surface area contributed by atoms with E-state index in [0.29, 0.717) is 17.4 Å². The van der Waals surface area contributed by atoms with Crippen molar-refractivity contribution in [2.75, 3.05) is 31.1 Å². The lowest BCUT2D eigenvalue weighted by Gasteiger charge is -2.36. The van der Waals surface area contributed by atoms with Crippen LogP contribution in [0.4, 0.5) is 5.69 Å². The SMILES string of the molecule is N#Cc1ccc(N2CCN(C(=O)C3CC3)CC2)cc1. The average molecular weight is 255 g/mol. The molecule has 1 aliphatic heterocycles. The van der Waals surface area contributed by atoms with E-state index in [1.807, 2.05) is 29.2 Å². The fourth-order valence-electron chi connectivity index (χ4n) is 2.52. The maximum absolute atomic E-state index is 12.0. The Labute approximate surface area is 113 Å². The number of anilines is 1. The van der Waals surface area contributed by atoms with Crippen molar-refractivity contribution in [3.8, 4) is 6.07 Å². The molecule has 0 N–H and O–H groups in total. The van der Waals surface area contributed by atoms with Crippen LogP contribution < -0.4 is 4.90 Å². The lowest BCUT2D eigenvalue weighted by molar-refractivity contribution is -0.132. The Morgan fingerprint density at radius 2 is 1.74 bits per heavy atom. The number of nitrogens with zero attached hydrogens (tertiary/aromatic N) is 3. The Morgan fingerprint density at radius 1 is 1.11 bits per heavy atom. The predicted octanol–water partition coefficient (Wildman–Crippen LogP) is 1.62. The van der Waals surface area contributed by atoms with Gasteiger partial charge in [-0.15, -0.1) is 0 Å². The van der Waals surface area contributed by atoms with Gasteiger partial charge in [0.1, 0.15) is 0 Å². The zero-order valence-corrected chi connectivity index (χ0v) is 10.9. The molecular weight excluding hydrogens is 238 g/mol. The Balaban J connectivity index is 1.59. The topological polar surface area (TPSA) is 47.3 Å². The Morgan fingerprint density at radius 3 is 2.26 bits per heavy atom. The molecule has 3 rings (SSSR count). The number of carbonyl (C=O) groups is 1. The number of hydrogen-bond donors (Lipinski definition) is 0. The zero-order chi connectivity index (χ0) is 13.2. The van der Waals surface area contributed by atoms with Crippen molar-refractivity contribution in [1.82, 2.24) is 4.90 Å². The van der Waals surface area contributed by atoms with Crippen LogP contribution in [0.2, 0.25) is 0 Å². The van der Waals surface area contributed by atoms with E-state index in [-0.39, 0.29) is 0 Å². The molecule has 2 fully saturated rings. The molecule has 0 radical (unpaired) electrons. The Kier molecular flexibility index (Phi) is 3.12. The molecule has 4 nitrogen and oxygen atoms in total. The highest BCUT2D eigenvalue weighted by atomic mass is 16.2. The Bertz CT molecular complexity index is 505. The van der Waals surface area contributed by atoms with Crippen LogP contribution in [0.1, 0.15) is 18.4 Å². The summed E-state index contributed by atoms with van der Waals surface area (Å²) in [6.07, 6.45) is 2.16. The van der Waals surface area contributed by atoms with Gasteiger partial charge in [0.25, 0.3) is 0 Å². The highest BCUT2D eigenvalue weighted by molar-refractivity contribution is 5.81. The molecule has 0 aromatic heterocycles. The van der Waals surface area contributed by atoms with E-state index in [1.54, 1.807) is 0 Å². The van der Waals surface area contributed by atoms with Crippen molar-refractivity contribution in [2.45, 2.75) is 12.8 Å². The predicted molar refractivity (Wildman–Crippen MR) is 72.7 cm³/mol. The minimum atomic E-state index is 0.321. The number of piperazine rings is 1. The first kappa shape index (κ1) is 12.0. The van der Waals surface area contributed by atoms with Gasteiger partial charge in [-0.1, -0.05) is 0 Å². The van der Waals surface area contributed by atoms with Crippen LogP contribution in [0, 0.1) is 17.2 Å². The summed E-state index contributed by atoms with van der Waals surface area (Å²) in [5.74, 6) is 0.668. The van der Waals surface area contributed by atoms with Crippen molar-refractivity contribution in [2.24, 2.45) is 5.92 Å². The summed E-state index contributed by atoms with van der Waals surface area (Å²) in [6, 6.07) is 9.78. The van der Waals surface area contributed by atoms with E-state index >= 15 is 0 Å². The second-order valence-corrected chi connectivity index (χ2v) is 5.25. The van der Waals surface area contributed by atoms with Crippen LogP contribution in [-0.4, -0.2) is 37.0 Å². The number of rotatable bonds is 2. The average Bonchev–Trinajstić information content (AvgIpc) is 3.31. The molecule has 98 valence electrons. The number of hydrogen-bond acceptors (Lipinski definition) is 3. The van der Waals surface area contributed by atoms with E-state index in [0.717, 1.165) is 44.7 Å². The molecule has 2 aliphatic rings. The van der Waals surface area contributed by atoms with Gasteiger partial charge in [-0.3, -0.25) is 4.79 Å². The van der Waals surface area contributed by atoms with Crippen molar-refractivity contribution >= 4 is 11.6 Å². The molecule has 0 bridgehead atoms. The van der Waals surface area contributed by atoms with Crippen molar-refractivity contribution in [1.29, 1.82) is 5.26 Å². The molecule has 0 spiro atoms. The molecule has 1 amide bonds. The molecule has 0 atom stereocenters. The smallest absolute Gasteiger partial charge is 0.225 e. The van der Waals surface area contributed by atoms with E-state index in [4.69, 9.17) is 5.26 Å². The monoisotopic (exact) mass is 255 g/mol. The lowest BCUT2D eigenvalue weighted by atomic mass is 10.2. The molecule has 1 aromatic rings. The first-order chi connectivity index (χ1) is 9.28. The summed E-state index contributed by atoms with van der Waals surface area (Å²) in [6.45, 7) is 3.39. The maximum Gasteiger partial charge on any atom is 0.225 e. The van der Waals surface area contributed by atoms with Gasteiger partial charge in [0, 0.05) is 37.8 Å². The molecule has 19 heavy (non-hydrogen) atoms. The number of amides is 1. The minimum Gasteiger partial charge on any atom is -0.368 e. The van der Waals surface area contributed by atoms with E-state index in [1.165, 1.54) is 0 Å². The summed E-state index contributed by atoms with van der Waals surface area (Å²) in [5, 5.41) is 8.78. The van der Waals surface area contributed by atoms with Crippen molar-refractivity contribution in [3.63, 3.8) is 0 Å². The highest BCUT2D eigenvalue weighted by Crippen LogP contribution is 2.31. The van der Waals surface area contributed by atoms with E-state index in [2.05, 4.69) is 11.0 Å². The van der Waals surface area contributed by atoms with Gasteiger partial charge in [0.2, 0.25) is 5.91 Å². The van der Waals surface area contributed by atoms with Gasteiger partial charge in [0.05, 0.1) is 11.6 Å². The largest absolute Gasteiger partial charge is 0.368 e. The molecule has 0 unspecified atom stereocenters. The van der Waals surface area contributed by atoms with Gasteiger partial charge in [-0.2, -0.15) is 5.26 Å². The quantitative estimate of drug-likeness (QED) is 0.806. The second-order valence-electron chi connectivity index (χ2n) is 5.25. The summed E-state index contributed by atoms with van der Waals surface area (Å²) < 4.78 is 0. The summed E-state index contributed by atoms with van der Waals surface area (Å²) >= 11 is 0. The summed E-state index contributed by atoms with van der Waals surface area (Å²) in [7, 11) is 0. The summed E-state index contributed by atoms with van der Waals surface area (Å²) in [5.41, 5.74) is 1.82. The van der Waals surface area contributed by atoms with E-state index < -0.39 is 0 Å². The molecule has 1 saturated carbocycles. The third kappa shape index (κ3) is 2.55. The molecule has 1 aliphatic carbocycles. The van der Waals surface area contributed by atoms with Crippen LogP contribution in [0.5, 0.6) is 0 Å². The van der Waals surface area contributed by atoms with Gasteiger partial charge in [-0.05, 0) is 37.1 Å². The zero-order valence-electron chi connectivity index (χ0n) is 10.9. The van der Waals surface area contributed by atoms with Gasteiger partial charge < -0.3 is 9.80 Å². The summed E-state index contributed by atoms with van der Waals surface area (Å²) in [4.78, 5) is 16.2. The van der Waals surface area contributed by atoms with Gasteiger partial charge >= 0.3 is 0 Å². The van der Waals surface area contributed by atoms with Crippen LogP contribution in [0.15, 0.2) is 24.3 Å². The molecule has 4 heteroatoms. The number of carbonyl (C=O) groups excluding carboxylic acids is 1. The fourth-order valence-corrected chi connectivity index (χ4v) is 2.52.